The zero-order chi connectivity index (χ0) is 81.8. The number of fused-ring (bicyclic) bond motifs is 3. The van der Waals surface area contributed by atoms with Crippen LogP contribution in [0.5, 0.6) is 17.2 Å². The van der Waals surface area contributed by atoms with Gasteiger partial charge in [0, 0.05) is 132 Å². The van der Waals surface area contributed by atoms with Crippen LogP contribution in [0.2, 0.25) is 0 Å². The number of nitrogens with zero attached hydrogens (tertiary/aromatic N) is 6. The van der Waals surface area contributed by atoms with Crippen LogP contribution in [0.1, 0.15) is 131 Å². The predicted octanol–water partition coefficient (Wildman–Crippen LogP) is 13.5. The number of benzene rings is 6. The SMILES string of the molecule is CCOC(=O)Cc1ccccc1OCc1cc(-c2ccnc(CN)c2F)c2ccn(CC3CC3)c2c1.CCOC(=O)Cc1ccccc1OCc1cc(B2OC(C)(C)C(C)(C)O2)c2ccn(CC3CC3)c2c1.NCc1nccc(-c2cc(COc3ccccc3CC(=O)O)cc3c2ccn3CC2CC2)c1F.NCc1nccc(I)c1F.[Na+].[OH-]. The summed E-state index contributed by atoms with van der Waals surface area (Å²) in [6, 6.07) is 45.9. The summed E-state index contributed by atoms with van der Waals surface area (Å²) >= 11 is 1.90. The van der Waals surface area contributed by atoms with Crippen molar-refractivity contribution in [2.75, 3.05) is 13.2 Å². The van der Waals surface area contributed by atoms with Crippen LogP contribution in [0.25, 0.3) is 55.0 Å². The Labute approximate surface area is 721 Å². The molecular weight excluding hydrogens is 1630 g/mol. The minimum atomic E-state index is -0.915. The van der Waals surface area contributed by atoms with E-state index in [2.05, 4.69) is 105 Å². The first kappa shape index (κ1) is 89.3. The van der Waals surface area contributed by atoms with Crippen LogP contribution in [0.15, 0.2) is 183 Å². The van der Waals surface area contributed by atoms with Gasteiger partial charge >= 0.3 is 54.6 Å². The number of hydrogen-bond acceptors (Lipinski definition) is 17. The number of para-hydroxylation sites is 3. The number of pyridine rings is 3. The second kappa shape index (κ2) is 40.5. The van der Waals surface area contributed by atoms with Crippen molar-refractivity contribution in [1.82, 2.24) is 28.7 Å². The third-order valence-electron chi connectivity index (χ3n) is 21.6. The summed E-state index contributed by atoms with van der Waals surface area (Å²) < 4.78 is 92.4. The van der Waals surface area contributed by atoms with Gasteiger partial charge in [0.25, 0.3) is 0 Å². The topological polar surface area (TPSA) is 298 Å². The van der Waals surface area contributed by atoms with Gasteiger partial charge in [-0.2, -0.15) is 0 Å². The molecule has 1 saturated heterocycles. The summed E-state index contributed by atoms with van der Waals surface area (Å²) in [6.45, 7) is 16.6. The second-order valence-corrected chi connectivity index (χ2v) is 31.9. The van der Waals surface area contributed by atoms with E-state index in [1.165, 1.54) is 44.0 Å². The van der Waals surface area contributed by atoms with Gasteiger partial charge in [-0.1, -0.05) is 60.7 Å². The molecule has 0 unspecified atom stereocenters. The average Bonchev–Trinajstić information content (AvgIpc) is 1.59. The number of hydrogen-bond donors (Lipinski definition) is 4. The summed E-state index contributed by atoms with van der Waals surface area (Å²) in [5.41, 5.74) is 28.4. The number of carbonyl (C=O) groups excluding carboxylic acids is 2. The molecule has 4 aliphatic rings. The quantitative estimate of drug-likeness (QED) is 0.0192. The van der Waals surface area contributed by atoms with Crippen LogP contribution in [-0.4, -0.2) is 88.7 Å². The number of aromatic nitrogens is 6. The molecule has 0 amide bonds. The monoisotopic (exact) mass is 1730 g/mol. The molecule has 3 aliphatic carbocycles. The van der Waals surface area contributed by atoms with Crippen molar-refractivity contribution in [3.05, 3.63) is 254 Å². The molecule has 0 radical (unpaired) electrons. The number of nitrogens with two attached hydrogens (primary N) is 3. The van der Waals surface area contributed by atoms with E-state index in [9.17, 15) is 23.9 Å². The van der Waals surface area contributed by atoms with Gasteiger partial charge in [0.05, 0.1) is 64.3 Å². The van der Waals surface area contributed by atoms with Crippen molar-refractivity contribution in [2.24, 2.45) is 35.0 Å². The number of rotatable bonds is 29. The summed E-state index contributed by atoms with van der Waals surface area (Å²) in [4.78, 5) is 47.3. The van der Waals surface area contributed by atoms with Crippen LogP contribution in [0, 0.1) is 38.8 Å². The zero-order valence-corrected chi connectivity index (χ0v) is 71.8. The Hall–Kier alpha value is -9.46. The maximum absolute atomic E-state index is 15.3. The maximum atomic E-state index is 15.3. The number of halogens is 4. The average molecular weight is 1730 g/mol. The van der Waals surface area contributed by atoms with E-state index in [-0.39, 0.29) is 116 Å². The molecule has 6 aromatic carbocycles. The molecule has 0 spiro atoms. The first-order valence-electron chi connectivity index (χ1n) is 39.5. The van der Waals surface area contributed by atoms with E-state index in [1.54, 1.807) is 61.9 Å². The fourth-order valence-electron chi connectivity index (χ4n) is 14.2. The van der Waals surface area contributed by atoms with Crippen molar-refractivity contribution >= 4 is 85.8 Å². The molecule has 1 aliphatic heterocycles. The summed E-state index contributed by atoms with van der Waals surface area (Å²) in [6.07, 6.45) is 18.8. The van der Waals surface area contributed by atoms with Gasteiger partial charge in [0.1, 0.15) is 37.1 Å². The van der Waals surface area contributed by atoms with Crippen LogP contribution in [0.4, 0.5) is 13.2 Å². The van der Waals surface area contributed by atoms with Crippen molar-refractivity contribution in [3.8, 4) is 39.5 Å². The molecule has 7 heterocycles. The summed E-state index contributed by atoms with van der Waals surface area (Å²) in [5.74, 6) is 1.42. The fourth-order valence-corrected chi connectivity index (χ4v) is 14.7. The van der Waals surface area contributed by atoms with E-state index in [0.29, 0.717) is 74.9 Å². The Morgan fingerprint density at radius 3 is 1.20 bits per heavy atom. The number of aliphatic carboxylic acids is 1. The van der Waals surface area contributed by atoms with E-state index in [1.807, 2.05) is 108 Å². The molecule has 3 saturated carbocycles. The van der Waals surface area contributed by atoms with Crippen LogP contribution < -0.4 is 66.4 Å². The van der Waals surface area contributed by atoms with E-state index >= 15 is 8.78 Å². The van der Waals surface area contributed by atoms with Crippen molar-refractivity contribution < 1.29 is 101 Å². The van der Waals surface area contributed by atoms with E-state index in [0.717, 1.165) is 97.2 Å². The maximum Gasteiger partial charge on any atom is 1.00 e. The normalized spacial score (nSPS) is 14.4. The first-order valence-corrected chi connectivity index (χ1v) is 40.6. The molecule has 118 heavy (non-hydrogen) atoms. The molecule has 6 aromatic heterocycles. The fraction of sp³-hybridized carbons (Fsp3) is 0.341. The Kier molecular flexibility index (Phi) is 30.7. The molecule has 0 bridgehead atoms. The molecule has 16 rings (SSSR count). The Morgan fingerprint density at radius 2 is 0.839 bits per heavy atom. The minimum Gasteiger partial charge on any atom is -0.870 e. The van der Waals surface area contributed by atoms with Crippen LogP contribution in [-0.2, 0) is 112 Å². The third kappa shape index (κ3) is 22.1. The van der Waals surface area contributed by atoms with E-state index in [4.69, 9.17) is 50.2 Å². The number of carboxylic acid groups (broad SMARTS) is 1. The molecule has 8 N–H and O–H groups in total. The third-order valence-corrected chi connectivity index (χ3v) is 22.4. The number of carbonyl (C=O) groups is 3. The largest absolute Gasteiger partial charge is 1.00 e. The van der Waals surface area contributed by atoms with Gasteiger partial charge in [0.15, 0.2) is 17.5 Å². The molecular formula is C91H99BF3IN9NaO12. The number of ether oxygens (including phenoxy) is 5. The van der Waals surface area contributed by atoms with Gasteiger partial charge < -0.3 is 74.5 Å². The van der Waals surface area contributed by atoms with E-state index < -0.39 is 35.9 Å². The van der Waals surface area contributed by atoms with Crippen molar-refractivity contribution in [1.29, 1.82) is 0 Å². The predicted molar refractivity (Wildman–Crippen MR) is 453 cm³/mol. The zero-order valence-electron chi connectivity index (χ0n) is 67.7. The van der Waals surface area contributed by atoms with Gasteiger partial charge in [-0.15, -0.1) is 0 Å². The minimum absolute atomic E-state index is 0. The van der Waals surface area contributed by atoms with Crippen molar-refractivity contribution in [3.63, 3.8) is 0 Å². The Bertz CT molecular complexity index is 5500. The Balaban J connectivity index is 0.000000162. The van der Waals surface area contributed by atoms with Crippen molar-refractivity contribution in [2.45, 2.75) is 170 Å². The van der Waals surface area contributed by atoms with Gasteiger partial charge in [-0.25, -0.2) is 13.2 Å². The molecule has 612 valence electrons. The number of esters is 2. The second-order valence-electron chi connectivity index (χ2n) is 30.7. The molecule has 4 fully saturated rings. The summed E-state index contributed by atoms with van der Waals surface area (Å²) in [5, 5.41) is 12.3. The first-order chi connectivity index (χ1) is 56.0. The van der Waals surface area contributed by atoms with Crippen LogP contribution >= 0.6 is 22.6 Å². The smallest absolute Gasteiger partial charge is 0.870 e. The molecule has 27 heteroatoms. The van der Waals surface area contributed by atoms with Gasteiger partial charge in [0.2, 0.25) is 0 Å². The number of carboxylic acids is 1. The van der Waals surface area contributed by atoms with Crippen LogP contribution in [0.3, 0.4) is 0 Å². The standard InChI is InChI=1S/C29H36BNO5.C29H30FN3O3.C27H26FN3O3.C6H6FIN2.Na.H2O/c1-6-33-27(32)17-22-9-7-8-10-26(22)34-19-21-15-24(30-35-28(2,3)29(4,5)36-30)23-13-14-31(25(23)16-21)18-20-11-12-20;1-2-35-28(34)15-21-5-3-4-6-27(21)36-18-20-13-24(23-9-11-32-25(16-31)29(23)30)22-10-12-33(26(22)14-20)17-19-7-8-19;28-27-21(7-9-30-23(27)14-29)22-11-18(12-24-20(22)8-10-31(24)15-17-5-6-17)16-34-25-4-2-1-3-19(25)13-26(32)33;7-6-4(8)1-2-10-5(6)3-9;;/h7-10,13-16,20H,6,11-12,17-19H2,1-5H3;3-6,9-14,19H,2,7-8,15-18,31H2,1H3;1-4,7-12,17H,5-6,13-16,29H2,(H,32,33);1-2H,3,9H2;;1H2/q;;;;+1;/p-1. The summed E-state index contributed by atoms with van der Waals surface area (Å²) in [7, 11) is -0.453. The molecule has 21 nitrogen and oxygen atoms in total. The van der Waals surface area contributed by atoms with Gasteiger partial charge in [-0.3, -0.25) is 29.3 Å². The molecule has 0 atom stereocenters. The van der Waals surface area contributed by atoms with Gasteiger partial charge in [-0.05, 0) is 244 Å². The molecule has 12 aromatic rings. The Morgan fingerprint density at radius 1 is 0.492 bits per heavy atom.